The lowest BCUT2D eigenvalue weighted by atomic mass is 10.2. The highest BCUT2D eigenvalue weighted by atomic mass is 79.9. The summed E-state index contributed by atoms with van der Waals surface area (Å²) < 4.78 is 13.7. The van der Waals surface area contributed by atoms with Crippen molar-refractivity contribution in [1.82, 2.24) is 0 Å². The number of thiophene rings is 1. The first-order valence-electron chi connectivity index (χ1n) is 5.49. The number of carbonyl (C=O) groups is 1. The van der Waals surface area contributed by atoms with Crippen molar-refractivity contribution < 1.29 is 14.3 Å². The molecule has 1 heterocycles. The van der Waals surface area contributed by atoms with Crippen LogP contribution in [-0.2, 0) is 6.54 Å². The zero-order valence-electron chi connectivity index (χ0n) is 10.0. The number of halogens is 2. The van der Waals surface area contributed by atoms with Crippen LogP contribution in [0.15, 0.2) is 28.7 Å². The first-order valence-corrected chi connectivity index (χ1v) is 7.10. The number of carboxylic acid groups (broad SMARTS) is 1. The number of anilines is 1. The van der Waals surface area contributed by atoms with Crippen molar-refractivity contribution in [3.05, 3.63) is 49.9 Å². The van der Waals surface area contributed by atoms with E-state index in [0.717, 1.165) is 10.4 Å². The van der Waals surface area contributed by atoms with Crippen LogP contribution in [0.4, 0.5) is 10.1 Å². The number of aryl methyl sites for hydroxylation is 1. The van der Waals surface area contributed by atoms with Gasteiger partial charge < -0.3 is 10.4 Å². The third-order valence-corrected chi connectivity index (χ3v) is 4.36. The van der Waals surface area contributed by atoms with Crippen molar-refractivity contribution >= 4 is 38.9 Å². The van der Waals surface area contributed by atoms with E-state index in [9.17, 15) is 9.18 Å². The Hall–Kier alpha value is -1.40. The summed E-state index contributed by atoms with van der Waals surface area (Å²) in [4.78, 5) is 12.1. The molecule has 2 rings (SSSR count). The second-order valence-electron chi connectivity index (χ2n) is 3.98. The minimum absolute atomic E-state index is 0.316. The van der Waals surface area contributed by atoms with Gasteiger partial charge in [-0.05, 0) is 52.7 Å². The number of carboxylic acids is 1. The molecule has 0 aliphatic heterocycles. The molecular weight excluding hydrogens is 333 g/mol. The van der Waals surface area contributed by atoms with Gasteiger partial charge in [0.15, 0.2) is 0 Å². The van der Waals surface area contributed by atoms with E-state index < -0.39 is 5.97 Å². The Balaban J connectivity index is 2.09. The highest BCUT2D eigenvalue weighted by Gasteiger charge is 2.10. The van der Waals surface area contributed by atoms with Gasteiger partial charge >= 0.3 is 5.97 Å². The van der Waals surface area contributed by atoms with E-state index >= 15 is 0 Å². The van der Waals surface area contributed by atoms with Crippen LogP contribution in [0.2, 0.25) is 0 Å². The van der Waals surface area contributed by atoms with E-state index in [0.29, 0.717) is 21.6 Å². The number of nitrogens with one attached hydrogen (secondary N) is 1. The van der Waals surface area contributed by atoms with E-state index in [1.54, 1.807) is 18.2 Å². The van der Waals surface area contributed by atoms with Gasteiger partial charge in [0.05, 0.1) is 4.47 Å². The maximum absolute atomic E-state index is 13.3. The van der Waals surface area contributed by atoms with E-state index in [1.165, 1.54) is 17.4 Å². The standard InChI is InChI=1S/C13H11BrFNO2S/c1-7-8(4-12(19-7)13(17)18)6-16-9-2-3-10(14)11(15)5-9/h2-5,16H,6H2,1H3,(H,17,18). The van der Waals surface area contributed by atoms with Crippen molar-refractivity contribution in [3.8, 4) is 0 Å². The van der Waals surface area contributed by atoms with Gasteiger partial charge in [-0.3, -0.25) is 0 Å². The molecule has 19 heavy (non-hydrogen) atoms. The lowest BCUT2D eigenvalue weighted by Gasteiger charge is -2.06. The number of aromatic carboxylic acids is 1. The molecule has 0 amide bonds. The van der Waals surface area contributed by atoms with Crippen molar-refractivity contribution in [1.29, 1.82) is 0 Å². The Kier molecular flexibility index (Phi) is 4.21. The monoisotopic (exact) mass is 343 g/mol. The molecule has 100 valence electrons. The minimum atomic E-state index is -0.922. The zero-order chi connectivity index (χ0) is 14.0. The van der Waals surface area contributed by atoms with Gasteiger partial charge in [0.1, 0.15) is 10.7 Å². The molecule has 0 atom stereocenters. The maximum Gasteiger partial charge on any atom is 0.345 e. The molecule has 0 aliphatic rings. The Morgan fingerprint density at radius 1 is 1.47 bits per heavy atom. The summed E-state index contributed by atoms with van der Waals surface area (Å²) in [6.07, 6.45) is 0. The Morgan fingerprint density at radius 2 is 2.21 bits per heavy atom. The summed E-state index contributed by atoms with van der Waals surface area (Å²) in [5.41, 5.74) is 1.56. The maximum atomic E-state index is 13.3. The van der Waals surface area contributed by atoms with Gasteiger partial charge in [0.2, 0.25) is 0 Å². The second kappa shape index (κ2) is 5.71. The Morgan fingerprint density at radius 3 is 2.79 bits per heavy atom. The topological polar surface area (TPSA) is 49.3 Å². The highest BCUT2D eigenvalue weighted by Crippen LogP contribution is 2.24. The fraction of sp³-hybridized carbons (Fsp3) is 0.154. The van der Waals surface area contributed by atoms with E-state index in [4.69, 9.17) is 5.11 Å². The summed E-state index contributed by atoms with van der Waals surface area (Å²) >= 11 is 4.33. The molecule has 0 unspecified atom stereocenters. The summed E-state index contributed by atoms with van der Waals surface area (Å²) in [5.74, 6) is -1.26. The van der Waals surface area contributed by atoms with Crippen LogP contribution < -0.4 is 5.32 Å². The average molecular weight is 344 g/mol. The molecular formula is C13H11BrFNO2S. The van der Waals surface area contributed by atoms with Gasteiger partial charge in [-0.25, -0.2) is 9.18 Å². The minimum Gasteiger partial charge on any atom is -0.477 e. The van der Waals surface area contributed by atoms with Crippen LogP contribution in [0.3, 0.4) is 0 Å². The smallest absolute Gasteiger partial charge is 0.345 e. The Labute approximate surface area is 122 Å². The molecule has 3 nitrogen and oxygen atoms in total. The molecule has 0 bridgehead atoms. The molecule has 0 saturated heterocycles. The lowest BCUT2D eigenvalue weighted by molar-refractivity contribution is 0.0702. The van der Waals surface area contributed by atoms with E-state index in [1.807, 2.05) is 6.92 Å². The summed E-state index contributed by atoms with van der Waals surface area (Å²) in [6, 6.07) is 6.42. The highest BCUT2D eigenvalue weighted by molar-refractivity contribution is 9.10. The fourth-order valence-corrected chi connectivity index (χ4v) is 2.73. The third-order valence-electron chi connectivity index (χ3n) is 2.63. The van der Waals surface area contributed by atoms with Crippen LogP contribution >= 0.6 is 27.3 Å². The molecule has 0 fully saturated rings. The molecule has 2 aromatic rings. The van der Waals surface area contributed by atoms with E-state index in [2.05, 4.69) is 21.2 Å². The number of rotatable bonds is 4. The summed E-state index contributed by atoms with van der Waals surface area (Å²) in [7, 11) is 0. The van der Waals surface area contributed by atoms with Gasteiger partial charge in [0.25, 0.3) is 0 Å². The fourth-order valence-electron chi connectivity index (χ4n) is 1.60. The predicted molar refractivity (Wildman–Crippen MR) is 77.4 cm³/mol. The molecule has 1 aromatic heterocycles. The first kappa shape index (κ1) is 14.0. The summed E-state index contributed by atoms with van der Waals surface area (Å²) in [5, 5.41) is 12.0. The molecule has 0 spiro atoms. The van der Waals surface area contributed by atoms with Gasteiger partial charge in [-0.15, -0.1) is 11.3 Å². The summed E-state index contributed by atoms with van der Waals surface area (Å²) in [6.45, 7) is 2.34. The van der Waals surface area contributed by atoms with Crippen LogP contribution in [-0.4, -0.2) is 11.1 Å². The third kappa shape index (κ3) is 3.33. The lowest BCUT2D eigenvalue weighted by Crippen LogP contribution is -2.00. The number of hydrogen-bond acceptors (Lipinski definition) is 3. The van der Waals surface area contributed by atoms with Crippen molar-refractivity contribution in [3.63, 3.8) is 0 Å². The van der Waals surface area contributed by atoms with Crippen LogP contribution in [0, 0.1) is 12.7 Å². The number of benzene rings is 1. The van der Waals surface area contributed by atoms with Crippen molar-refractivity contribution in [2.24, 2.45) is 0 Å². The average Bonchev–Trinajstić information content (AvgIpc) is 2.73. The van der Waals surface area contributed by atoms with Crippen molar-refractivity contribution in [2.45, 2.75) is 13.5 Å². The quantitative estimate of drug-likeness (QED) is 0.871. The molecule has 6 heteroatoms. The van der Waals surface area contributed by atoms with Crippen LogP contribution in [0.1, 0.15) is 20.1 Å². The van der Waals surface area contributed by atoms with E-state index in [-0.39, 0.29) is 5.82 Å². The predicted octanol–water partition coefficient (Wildman–Crippen LogP) is 4.27. The van der Waals surface area contributed by atoms with Gasteiger partial charge in [-0.1, -0.05) is 0 Å². The Bertz CT molecular complexity index is 627. The largest absolute Gasteiger partial charge is 0.477 e. The number of hydrogen-bond donors (Lipinski definition) is 2. The van der Waals surface area contributed by atoms with Crippen molar-refractivity contribution in [2.75, 3.05) is 5.32 Å². The molecule has 0 radical (unpaired) electrons. The SMILES string of the molecule is Cc1sc(C(=O)O)cc1CNc1ccc(Br)c(F)c1. The van der Waals surface area contributed by atoms with Crippen LogP contribution in [0.25, 0.3) is 0 Å². The van der Waals surface area contributed by atoms with Gasteiger partial charge in [0, 0.05) is 17.1 Å². The van der Waals surface area contributed by atoms with Gasteiger partial charge in [-0.2, -0.15) is 0 Å². The molecule has 0 saturated carbocycles. The molecule has 2 N–H and O–H groups in total. The molecule has 1 aromatic carbocycles. The first-order chi connectivity index (χ1) is 8.97. The molecule has 0 aliphatic carbocycles. The second-order valence-corrected chi connectivity index (χ2v) is 6.09. The zero-order valence-corrected chi connectivity index (χ0v) is 12.4. The normalized spacial score (nSPS) is 10.5. The van der Waals surface area contributed by atoms with Crippen LogP contribution in [0.5, 0.6) is 0 Å².